The van der Waals surface area contributed by atoms with E-state index in [1.165, 1.54) is 6.42 Å². The summed E-state index contributed by atoms with van der Waals surface area (Å²) in [6.07, 6.45) is 4.29. The molecule has 2 unspecified atom stereocenters. The number of nitrogens with zero attached hydrogens (tertiary/aromatic N) is 1. The molecule has 2 heteroatoms. The number of rotatable bonds is 1. The molecule has 0 amide bonds. The fourth-order valence-electron chi connectivity index (χ4n) is 2.78. The van der Waals surface area contributed by atoms with Gasteiger partial charge in [-0.05, 0) is 33.1 Å². The molecule has 0 radical (unpaired) electrons. The predicted octanol–water partition coefficient (Wildman–Crippen LogP) is 1.59. The smallest absolute Gasteiger partial charge is 0.150 e. The van der Waals surface area contributed by atoms with E-state index in [1.807, 2.05) is 0 Å². The highest BCUT2D eigenvalue weighted by atomic mass is 16.1. The minimum atomic E-state index is 0.281. The molecule has 0 aromatic rings. The normalized spacial score (nSPS) is 36.4. The fourth-order valence-corrected chi connectivity index (χ4v) is 2.78. The van der Waals surface area contributed by atoms with Gasteiger partial charge in [-0.2, -0.15) is 0 Å². The number of hydrogen-bond acceptors (Lipinski definition) is 2. The monoisotopic (exact) mass is 167 g/mol. The van der Waals surface area contributed by atoms with Crippen LogP contribution in [-0.2, 0) is 4.79 Å². The van der Waals surface area contributed by atoms with Crippen LogP contribution in [0.1, 0.15) is 39.5 Å². The van der Waals surface area contributed by atoms with Crippen molar-refractivity contribution in [1.29, 1.82) is 0 Å². The standard InChI is InChI=1S/C10H17NO/c1-7(2)11-8-3-5-9(11)10(12)6-4-8/h7-9H,3-6H2,1-2H3. The van der Waals surface area contributed by atoms with E-state index in [2.05, 4.69) is 18.7 Å². The number of Topliss-reactive ketones (excluding diaryl/α,β-unsaturated/α-hetero) is 1. The van der Waals surface area contributed by atoms with Gasteiger partial charge in [0.25, 0.3) is 0 Å². The summed E-state index contributed by atoms with van der Waals surface area (Å²) in [5.41, 5.74) is 0. The first-order chi connectivity index (χ1) is 5.70. The Labute approximate surface area is 73.9 Å². The maximum atomic E-state index is 11.5. The topological polar surface area (TPSA) is 20.3 Å². The third kappa shape index (κ3) is 1.09. The van der Waals surface area contributed by atoms with Crippen molar-refractivity contribution in [3.63, 3.8) is 0 Å². The van der Waals surface area contributed by atoms with Crippen molar-refractivity contribution in [2.24, 2.45) is 0 Å². The first-order valence-corrected chi connectivity index (χ1v) is 5.00. The van der Waals surface area contributed by atoms with Crippen LogP contribution in [0, 0.1) is 0 Å². The van der Waals surface area contributed by atoms with Crippen molar-refractivity contribution >= 4 is 5.78 Å². The SMILES string of the molecule is CC(C)N1C2CCC(=O)C1CC2. The van der Waals surface area contributed by atoms with Crippen LogP contribution in [0.4, 0.5) is 0 Å². The lowest BCUT2D eigenvalue weighted by molar-refractivity contribution is -0.127. The van der Waals surface area contributed by atoms with Crippen molar-refractivity contribution in [3.05, 3.63) is 0 Å². The molecule has 2 aliphatic heterocycles. The third-order valence-electron chi connectivity index (χ3n) is 3.25. The summed E-state index contributed by atoms with van der Waals surface area (Å²) in [7, 11) is 0. The molecule has 2 fully saturated rings. The highest BCUT2D eigenvalue weighted by Crippen LogP contribution is 2.34. The van der Waals surface area contributed by atoms with Gasteiger partial charge in [-0.25, -0.2) is 0 Å². The van der Waals surface area contributed by atoms with E-state index in [-0.39, 0.29) is 6.04 Å². The Kier molecular flexibility index (Phi) is 1.95. The van der Waals surface area contributed by atoms with E-state index in [9.17, 15) is 4.79 Å². The van der Waals surface area contributed by atoms with Gasteiger partial charge in [-0.15, -0.1) is 0 Å². The number of ketones is 1. The van der Waals surface area contributed by atoms with E-state index in [1.54, 1.807) is 0 Å². The number of piperidine rings is 1. The number of carbonyl (C=O) groups is 1. The summed E-state index contributed by atoms with van der Waals surface area (Å²) in [4.78, 5) is 13.9. The molecule has 0 aliphatic carbocycles. The molecule has 2 aliphatic rings. The quantitative estimate of drug-likeness (QED) is 0.591. The van der Waals surface area contributed by atoms with Crippen LogP contribution in [0.2, 0.25) is 0 Å². The van der Waals surface area contributed by atoms with Gasteiger partial charge in [-0.1, -0.05) is 0 Å². The summed E-state index contributed by atoms with van der Waals surface area (Å²) < 4.78 is 0. The van der Waals surface area contributed by atoms with E-state index in [0.29, 0.717) is 17.9 Å². The average Bonchev–Trinajstić information content (AvgIpc) is 2.35. The maximum absolute atomic E-state index is 11.5. The molecule has 2 atom stereocenters. The predicted molar refractivity (Wildman–Crippen MR) is 48.0 cm³/mol. The van der Waals surface area contributed by atoms with Crippen LogP contribution >= 0.6 is 0 Å². The van der Waals surface area contributed by atoms with E-state index in [4.69, 9.17) is 0 Å². The highest BCUT2D eigenvalue weighted by molar-refractivity contribution is 5.85. The second-order valence-electron chi connectivity index (χ2n) is 4.29. The lowest BCUT2D eigenvalue weighted by Gasteiger charge is -2.36. The van der Waals surface area contributed by atoms with Gasteiger partial charge in [0, 0.05) is 18.5 Å². The van der Waals surface area contributed by atoms with Gasteiger partial charge in [0.2, 0.25) is 0 Å². The number of hydrogen-bond donors (Lipinski definition) is 0. The van der Waals surface area contributed by atoms with Crippen molar-refractivity contribution in [1.82, 2.24) is 4.90 Å². The first-order valence-electron chi connectivity index (χ1n) is 5.00. The van der Waals surface area contributed by atoms with Crippen LogP contribution in [0.3, 0.4) is 0 Å². The number of fused-ring (bicyclic) bond motifs is 2. The van der Waals surface area contributed by atoms with Crippen molar-refractivity contribution in [2.45, 2.75) is 57.7 Å². The molecule has 0 saturated carbocycles. The Morgan fingerprint density at radius 1 is 1.33 bits per heavy atom. The minimum Gasteiger partial charge on any atom is -0.298 e. The summed E-state index contributed by atoms with van der Waals surface area (Å²) in [5.74, 6) is 0.484. The van der Waals surface area contributed by atoms with Gasteiger partial charge in [-0.3, -0.25) is 9.69 Å². The Hall–Kier alpha value is -0.370. The van der Waals surface area contributed by atoms with Gasteiger partial charge < -0.3 is 0 Å². The average molecular weight is 167 g/mol. The number of carbonyl (C=O) groups excluding carboxylic acids is 1. The fraction of sp³-hybridized carbons (Fsp3) is 0.900. The summed E-state index contributed by atoms with van der Waals surface area (Å²) in [6.45, 7) is 4.40. The Bertz CT molecular complexity index is 200. The second kappa shape index (κ2) is 2.84. The molecule has 0 spiro atoms. The van der Waals surface area contributed by atoms with E-state index >= 15 is 0 Å². The minimum absolute atomic E-state index is 0.281. The molecule has 0 aromatic carbocycles. The van der Waals surface area contributed by atoms with Crippen LogP contribution in [0.5, 0.6) is 0 Å². The zero-order valence-electron chi connectivity index (χ0n) is 7.92. The van der Waals surface area contributed by atoms with Crippen molar-refractivity contribution < 1.29 is 4.79 Å². The van der Waals surface area contributed by atoms with E-state index < -0.39 is 0 Å². The van der Waals surface area contributed by atoms with Crippen LogP contribution in [0.15, 0.2) is 0 Å². The highest BCUT2D eigenvalue weighted by Gasteiger charge is 2.42. The lowest BCUT2D eigenvalue weighted by Crippen LogP contribution is -2.48. The first kappa shape index (κ1) is 8.24. The Morgan fingerprint density at radius 3 is 2.67 bits per heavy atom. The molecule has 68 valence electrons. The van der Waals surface area contributed by atoms with Gasteiger partial charge >= 0.3 is 0 Å². The van der Waals surface area contributed by atoms with E-state index in [0.717, 1.165) is 19.3 Å². The summed E-state index contributed by atoms with van der Waals surface area (Å²) in [5, 5.41) is 0. The largest absolute Gasteiger partial charge is 0.298 e. The third-order valence-corrected chi connectivity index (χ3v) is 3.25. The zero-order chi connectivity index (χ0) is 8.72. The Morgan fingerprint density at radius 2 is 2.08 bits per heavy atom. The molecule has 2 heterocycles. The van der Waals surface area contributed by atoms with Crippen molar-refractivity contribution in [2.75, 3.05) is 0 Å². The van der Waals surface area contributed by atoms with Crippen LogP contribution in [0.25, 0.3) is 0 Å². The molecule has 2 bridgehead atoms. The molecule has 0 aromatic heterocycles. The molecule has 2 rings (SSSR count). The van der Waals surface area contributed by atoms with Crippen molar-refractivity contribution in [3.8, 4) is 0 Å². The molecule has 2 nitrogen and oxygen atoms in total. The van der Waals surface area contributed by atoms with Crippen LogP contribution < -0.4 is 0 Å². The molecular weight excluding hydrogens is 150 g/mol. The second-order valence-corrected chi connectivity index (χ2v) is 4.29. The summed E-state index contributed by atoms with van der Waals surface area (Å²) >= 11 is 0. The van der Waals surface area contributed by atoms with Gasteiger partial charge in [0.1, 0.15) is 5.78 Å². The zero-order valence-corrected chi connectivity index (χ0v) is 7.92. The molecular formula is C10H17NO. The Balaban J connectivity index is 2.18. The lowest BCUT2D eigenvalue weighted by atomic mass is 10.00. The van der Waals surface area contributed by atoms with Gasteiger partial charge in [0.05, 0.1) is 6.04 Å². The molecule has 0 N–H and O–H groups in total. The van der Waals surface area contributed by atoms with Gasteiger partial charge in [0.15, 0.2) is 0 Å². The summed E-state index contributed by atoms with van der Waals surface area (Å²) in [6, 6.07) is 1.54. The maximum Gasteiger partial charge on any atom is 0.150 e. The molecule has 2 saturated heterocycles. The van der Waals surface area contributed by atoms with Crippen LogP contribution in [-0.4, -0.2) is 28.8 Å². The molecule has 12 heavy (non-hydrogen) atoms.